The fraction of sp³-hybridized carbons (Fsp3) is 0.364. The third-order valence-electron chi connectivity index (χ3n) is 3.26. The molecule has 0 saturated heterocycles. The molecule has 3 rings (SSSR count). The average Bonchev–Trinajstić information content (AvgIpc) is 2.63. The Hall–Kier alpha value is -0.730. The van der Waals surface area contributed by atoms with Crippen molar-refractivity contribution in [3.63, 3.8) is 0 Å². The molecule has 2 nitrogen and oxygen atoms in total. The lowest BCUT2D eigenvalue weighted by Crippen LogP contribution is -2.24. The number of alkyl halides is 2. The van der Waals surface area contributed by atoms with E-state index in [2.05, 4.69) is 5.32 Å². The lowest BCUT2D eigenvalue weighted by Gasteiger charge is -2.08. The lowest BCUT2D eigenvalue weighted by molar-refractivity contribution is -0.117. The molecule has 1 aliphatic carbocycles. The number of carbonyl (C=O) groups is 1. The first-order valence-electron chi connectivity index (χ1n) is 4.78. The van der Waals surface area contributed by atoms with Gasteiger partial charge in [0.05, 0.1) is 0 Å². The highest BCUT2D eigenvalue weighted by molar-refractivity contribution is 6.55. The van der Waals surface area contributed by atoms with Crippen LogP contribution in [0.1, 0.15) is 17.5 Å². The standard InChI is InChI=1S/C11H9Cl2NO/c1-6-2-3-8-7(4-6)10(9(15)14-8)5-11(10,12)13/h2-4H,5H2,1H3,(H,14,15)/t10-/m0/s1. The van der Waals surface area contributed by atoms with Crippen molar-refractivity contribution in [3.8, 4) is 0 Å². The van der Waals surface area contributed by atoms with Crippen LogP contribution in [0, 0.1) is 6.92 Å². The van der Waals surface area contributed by atoms with E-state index in [0.717, 1.165) is 16.8 Å². The summed E-state index contributed by atoms with van der Waals surface area (Å²) < 4.78 is -0.934. The van der Waals surface area contributed by atoms with Gasteiger partial charge in [-0.05, 0) is 18.6 Å². The fourth-order valence-electron chi connectivity index (χ4n) is 2.30. The predicted octanol–water partition coefficient (Wildman–Crippen LogP) is 2.76. The monoisotopic (exact) mass is 241 g/mol. The summed E-state index contributed by atoms with van der Waals surface area (Å²) in [5.74, 6) is -0.0758. The highest BCUT2D eigenvalue weighted by atomic mass is 35.5. The molecule has 78 valence electrons. The first-order chi connectivity index (χ1) is 6.97. The molecule has 0 bridgehead atoms. The molecule has 0 aromatic heterocycles. The first kappa shape index (κ1) is 9.49. The summed E-state index contributed by atoms with van der Waals surface area (Å²) in [5, 5.41) is 2.83. The average molecular weight is 242 g/mol. The Morgan fingerprint density at radius 3 is 2.67 bits per heavy atom. The summed E-state index contributed by atoms with van der Waals surface area (Å²) >= 11 is 12.2. The quantitative estimate of drug-likeness (QED) is 0.696. The van der Waals surface area contributed by atoms with Crippen molar-refractivity contribution in [2.75, 3.05) is 5.32 Å². The van der Waals surface area contributed by atoms with Crippen molar-refractivity contribution < 1.29 is 4.79 Å². The van der Waals surface area contributed by atoms with Gasteiger partial charge in [0.25, 0.3) is 0 Å². The van der Waals surface area contributed by atoms with Crippen LogP contribution in [0.4, 0.5) is 5.69 Å². The van der Waals surface area contributed by atoms with Gasteiger partial charge in [0.2, 0.25) is 5.91 Å². The maximum absolute atomic E-state index is 11.9. The molecule has 1 aromatic carbocycles. The largest absolute Gasteiger partial charge is 0.325 e. The molecule has 0 unspecified atom stereocenters. The Morgan fingerprint density at radius 2 is 2.07 bits per heavy atom. The number of amides is 1. The number of carbonyl (C=O) groups excluding carboxylic acids is 1. The van der Waals surface area contributed by atoms with Gasteiger partial charge in [-0.15, -0.1) is 23.2 Å². The van der Waals surface area contributed by atoms with Crippen molar-refractivity contribution in [1.82, 2.24) is 0 Å². The topological polar surface area (TPSA) is 29.1 Å². The zero-order chi connectivity index (χ0) is 10.8. The van der Waals surface area contributed by atoms with Gasteiger partial charge in [0.15, 0.2) is 0 Å². The SMILES string of the molecule is Cc1ccc2c(c1)[C@@]1(CC1(Cl)Cl)C(=O)N2. The zero-order valence-electron chi connectivity index (χ0n) is 8.10. The molecule has 1 saturated carbocycles. The van der Waals surface area contributed by atoms with E-state index in [1.807, 2.05) is 25.1 Å². The number of benzene rings is 1. The van der Waals surface area contributed by atoms with Crippen LogP contribution in [-0.2, 0) is 10.2 Å². The van der Waals surface area contributed by atoms with E-state index < -0.39 is 9.75 Å². The van der Waals surface area contributed by atoms with Gasteiger partial charge in [-0.2, -0.15) is 0 Å². The molecule has 1 heterocycles. The molecule has 1 atom stereocenters. The fourth-order valence-corrected chi connectivity index (χ4v) is 3.08. The van der Waals surface area contributed by atoms with E-state index in [-0.39, 0.29) is 5.91 Å². The number of fused-ring (bicyclic) bond motifs is 2. The van der Waals surface area contributed by atoms with E-state index in [0.29, 0.717) is 6.42 Å². The van der Waals surface area contributed by atoms with Gasteiger partial charge < -0.3 is 5.32 Å². The Balaban J connectivity index is 2.23. The number of hydrogen-bond acceptors (Lipinski definition) is 1. The second-order valence-corrected chi connectivity index (χ2v) is 5.77. The molecule has 1 aromatic rings. The van der Waals surface area contributed by atoms with Crippen molar-refractivity contribution >= 4 is 34.8 Å². The number of aryl methyl sites for hydroxylation is 1. The Morgan fingerprint density at radius 1 is 1.40 bits per heavy atom. The summed E-state index contributed by atoms with van der Waals surface area (Å²) in [5.41, 5.74) is 2.20. The molecular formula is C11H9Cl2NO. The minimum atomic E-state index is -0.934. The van der Waals surface area contributed by atoms with Crippen molar-refractivity contribution in [2.45, 2.75) is 23.1 Å². The molecule has 2 aliphatic rings. The van der Waals surface area contributed by atoms with Crippen LogP contribution < -0.4 is 5.32 Å². The normalized spacial score (nSPS) is 30.2. The summed E-state index contributed by atoms with van der Waals surface area (Å²) in [6.07, 6.45) is 0.505. The van der Waals surface area contributed by atoms with Crippen LogP contribution >= 0.6 is 23.2 Å². The van der Waals surface area contributed by atoms with Crippen molar-refractivity contribution in [2.24, 2.45) is 0 Å². The van der Waals surface area contributed by atoms with Gasteiger partial charge in [0.1, 0.15) is 9.75 Å². The third kappa shape index (κ3) is 0.990. The second-order valence-electron chi connectivity index (χ2n) is 4.29. The molecule has 15 heavy (non-hydrogen) atoms. The minimum absolute atomic E-state index is 0.0758. The Kier molecular flexibility index (Phi) is 1.58. The first-order valence-corrected chi connectivity index (χ1v) is 5.53. The van der Waals surface area contributed by atoms with Gasteiger partial charge in [-0.3, -0.25) is 4.79 Å². The number of hydrogen-bond donors (Lipinski definition) is 1. The maximum Gasteiger partial charge on any atom is 0.238 e. The highest BCUT2D eigenvalue weighted by Gasteiger charge is 2.74. The van der Waals surface area contributed by atoms with Crippen LogP contribution in [0.15, 0.2) is 18.2 Å². The van der Waals surface area contributed by atoms with Gasteiger partial charge in [-0.1, -0.05) is 17.7 Å². The summed E-state index contributed by atoms with van der Waals surface area (Å²) in [4.78, 5) is 11.9. The smallest absolute Gasteiger partial charge is 0.238 e. The number of nitrogens with one attached hydrogen (secondary N) is 1. The molecule has 0 radical (unpaired) electrons. The molecular weight excluding hydrogens is 233 g/mol. The van der Waals surface area contributed by atoms with Crippen LogP contribution in [0.5, 0.6) is 0 Å². The van der Waals surface area contributed by atoms with Gasteiger partial charge in [0, 0.05) is 12.1 Å². The summed E-state index contributed by atoms with van der Waals surface area (Å²) in [6.45, 7) is 1.99. The molecule has 1 amide bonds. The molecule has 1 aliphatic heterocycles. The molecule has 1 spiro atoms. The predicted molar refractivity (Wildman–Crippen MR) is 60.5 cm³/mol. The summed E-state index contributed by atoms with van der Waals surface area (Å²) in [6, 6.07) is 5.85. The van der Waals surface area contributed by atoms with Crippen molar-refractivity contribution in [3.05, 3.63) is 29.3 Å². The summed E-state index contributed by atoms with van der Waals surface area (Å²) in [7, 11) is 0. The highest BCUT2D eigenvalue weighted by Crippen LogP contribution is 2.68. The van der Waals surface area contributed by atoms with E-state index in [1.54, 1.807) is 0 Å². The van der Waals surface area contributed by atoms with E-state index in [1.165, 1.54) is 0 Å². The van der Waals surface area contributed by atoms with Gasteiger partial charge >= 0.3 is 0 Å². The number of halogens is 2. The maximum atomic E-state index is 11.9. The molecule has 1 fully saturated rings. The Bertz CT molecular complexity index is 483. The number of anilines is 1. The van der Waals surface area contributed by atoms with Crippen molar-refractivity contribution in [1.29, 1.82) is 0 Å². The lowest BCUT2D eigenvalue weighted by atomic mass is 9.96. The van der Waals surface area contributed by atoms with Crippen LogP contribution in [0.3, 0.4) is 0 Å². The molecule has 4 heteroatoms. The van der Waals surface area contributed by atoms with Crippen LogP contribution in [0.2, 0.25) is 0 Å². The van der Waals surface area contributed by atoms with E-state index in [4.69, 9.17) is 23.2 Å². The van der Waals surface area contributed by atoms with Crippen LogP contribution in [-0.4, -0.2) is 10.2 Å². The Labute approximate surface area is 97.6 Å². The van der Waals surface area contributed by atoms with E-state index >= 15 is 0 Å². The third-order valence-corrected chi connectivity index (χ3v) is 4.17. The zero-order valence-corrected chi connectivity index (χ0v) is 9.62. The van der Waals surface area contributed by atoms with Crippen LogP contribution in [0.25, 0.3) is 0 Å². The molecule has 1 N–H and O–H groups in total. The second kappa shape index (κ2) is 2.50. The van der Waals surface area contributed by atoms with E-state index in [9.17, 15) is 4.79 Å². The number of rotatable bonds is 0. The minimum Gasteiger partial charge on any atom is -0.325 e. The van der Waals surface area contributed by atoms with Gasteiger partial charge in [-0.25, -0.2) is 0 Å².